The first-order chi connectivity index (χ1) is 11.6. The van der Waals surface area contributed by atoms with Gasteiger partial charge in [0.25, 0.3) is 0 Å². The predicted octanol–water partition coefficient (Wildman–Crippen LogP) is 1.97. The first-order valence-corrected chi connectivity index (χ1v) is 8.42. The van der Waals surface area contributed by atoms with Gasteiger partial charge in [0.05, 0.1) is 0 Å². The van der Waals surface area contributed by atoms with Gasteiger partial charge >= 0.3 is 0 Å². The van der Waals surface area contributed by atoms with Gasteiger partial charge in [0.1, 0.15) is 5.82 Å². The maximum Gasteiger partial charge on any atom is 0.229 e. The normalized spacial score (nSPS) is 23.8. The van der Waals surface area contributed by atoms with Crippen LogP contribution in [-0.2, 0) is 14.4 Å². The monoisotopic (exact) mass is 332 g/mol. The standard InChI is InChI=1S/C18H21FN2O3/c19-13-6-4-12(5-7-13)14-8-9-15(14)18(24)20-10-11-21-16(22)2-1-3-17(21)23/h4-7,14-15H,1-3,8-11H2,(H,20,24). The Hall–Kier alpha value is -2.24. The van der Waals surface area contributed by atoms with Gasteiger partial charge in [-0.05, 0) is 42.9 Å². The minimum absolute atomic E-state index is 0.0625. The van der Waals surface area contributed by atoms with Crippen molar-refractivity contribution in [2.24, 2.45) is 5.92 Å². The molecule has 3 rings (SSSR count). The molecule has 128 valence electrons. The average Bonchev–Trinajstić information content (AvgIpc) is 2.51. The molecule has 3 amide bonds. The maximum atomic E-state index is 13.0. The molecule has 1 aliphatic heterocycles. The quantitative estimate of drug-likeness (QED) is 0.839. The van der Waals surface area contributed by atoms with Crippen LogP contribution in [0.25, 0.3) is 0 Å². The smallest absolute Gasteiger partial charge is 0.229 e. The molecule has 2 atom stereocenters. The summed E-state index contributed by atoms with van der Waals surface area (Å²) >= 11 is 0. The van der Waals surface area contributed by atoms with Gasteiger partial charge < -0.3 is 5.32 Å². The molecule has 1 heterocycles. The molecule has 1 aromatic rings. The molecule has 2 unspecified atom stereocenters. The summed E-state index contributed by atoms with van der Waals surface area (Å²) in [5.41, 5.74) is 0.976. The fourth-order valence-electron chi connectivity index (χ4n) is 3.39. The van der Waals surface area contributed by atoms with Crippen LogP contribution >= 0.6 is 0 Å². The maximum absolute atomic E-state index is 13.0. The van der Waals surface area contributed by atoms with Gasteiger partial charge in [-0.3, -0.25) is 19.3 Å². The second-order valence-electron chi connectivity index (χ2n) is 6.43. The summed E-state index contributed by atoms with van der Waals surface area (Å²) in [7, 11) is 0. The second kappa shape index (κ2) is 7.11. The van der Waals surface area contributed by atoms with Crippen molar-refractivity contribution in [3.05, 3.63) is 35.6 Å². The number of amides is 3. The number of carbonyl (C=O) groups excluding carboxylic acids is 3. The SMILES string of the molecule is O=C(NCCN1C(=O)CCCC1=O)C1CCC1c1ccc(F)cc1. The summed E-state index contributed by atoms with van der Waals surface area (Å²) < 4.78 is 13.0. The lowest BCUT2D eigenvalue weighted by atomic mass is 9.69. The van der Waals surface area contributed by atoms with E-state index < -0.39 is 0 Å². The van der Waals surface area contributed by atoms with Gasteiger partial charge in [0, 0.05) is 31.8 Å². The van der Waals surface area contributed by atoms with Crippen molar-refractivity contribution in [3.8, 4) is 0 Å². The fraction of sp³-hybridized carbons (Fsp3) is 0.500. The molecule has 1 aliphatic carbocycles. The lowest BCUT2D eigenvalue weighted by molar-refractivity contribution is -0.148. The van der Waals surface area contributed by atoms with Crippen LogP contribution < -0.4 is 5.32 Å². The summed E-state index contributed by atoms with van der Waals surface area (Å²) in [4.78, 5) is 37.0. The number of nitrogens with zero attached hydrogens (tertiary/aromatic N) is 1. The van der Waals surface area contributed by atoms with Crippen molar-refractivity contribution in [1.29, 1.82) is 0 Å². The highest BCUT2D eigenvalue weighted by Crippen LogP contribution is 2.42. The molecule has 24 heavy (non-hydrogen) atoms. The van der Waals surface area contributed by atoms with Crippen molar-refractivity contribution in [2.75, 3.05) is 13.1 Å². The lowest BCUT2D eigenvalue weighted by Gasteiger charge is -2.36. The predicted molar refractivity (Wildman–Crippen MR) is 85.4 cm³/mol. The van der Waals surface area contributed by atoms with Crippen LogP contribution in [0.3, 0.4) is 0 Å². The Bertz CT molecular complexity index is 628. The number of hydrogen-bond acceptors (Lipinski definition) is 3. The highest BCUT2D eigenvalue weighted by Gasteiger charge is 2.37. The topological polar surface area (TPSA) is 66.5 Å². The van der Waals surface area contributed by atoms with Crippen molar-refractivity contribution < 1.29 is 18.8 Å². The number of benzene rings is 1. The minimum atomic E-state index is -0.282. The molecule has 0 spiro atoms. The molecule has 5 nitrogen and oxygen atoms in total. The van der Waals surface area contributed by atoms with E-state index in [4.69, 9.17) is 0 Å². The number of halogens is 1. The fourth-order valence-corrected chi connectivity index (χ4v) is 3.39. The Balaban J connectivity index is 1.49. The zero-order valence-electron chi connectivity index (χ0n) is 13.5. The molecule has 0 radical (unpaired) electrons. The van der Waals surface area contributed by atoms with E-state index in [1.54, 1.807) is 12.1 Å². The first-order valence-electron chi connectivity index (χ1n) is 8.42. The van der Waals surface area contributed by atoms with E-state index in [0.29, 0.717) is 19.3 Å². The largest absolute Gasteiger partial charge is 0.354 e. The summed E-state index contributed by atoms with van der Waals surface area (Å²) in [5.74, 6) is -0.670. The number of nitrogens with one attached hydrogen (secondary N) is 1. The highest BCUT2D eigenvalue weighted by molar-refractivity contribution is 5.97. The van der Waals surface area contributed by atoms with Crippen molar-refractivity contribution in [2.45, 2.75) is 38.0 Å². The van der Waals surface area contributed by atoms with Crippen LogP contribution in [0.2, 0.25) is 0 Å². The third kappa shape index (κ3) is 3.47. The molecule has 2 aliphatic rings. The van der Waals surface area contributed by atoms with E-state index in [0.717, 1.165) is 18.4 Å². The van der Waals surface area contributed by atoms with Crippen molar-refractivity contribution in [1.82, 2.24) is 10.2 Å². The Morgan fingerprint density at radius 3 is 2.38 bits per heavy atom. The lowest BCUT2D eigenvalue weighted by Crippen LogP contribution is -2.46. The molecule has 1 aromatic carbocycles. The molecule has 1 saturated carbocycles. The van der Waals surface area contributed by atoms with E-state index in [2.05, 4.69) is 5.32 Å². The molecule has 2 fully saturated rings. The van der Waals surface area contributed by atoms with Gasteiger partial charge in [-0.2, -0.15) is 0 Å². The van der Waals surface area contributed by atoms with E-state index in [9.17, 15) is 18.8 Å². The summed E-state index contributed by atoms with van der Waals surface area (Å²) in [6, 6.07) is 6.28. The zero-order valence-corrected chi connectivity index (χ0v) is 13.5. The van der Waals surface area contributed by atoms with Gasteiger partial charge in [-0.1, -0.05) is 12.1 Å². The Morgan fingerprint density at radius 1 is 1.12 bits per heavy atom. The number of rotatable bonds is 5. The number of hydrogen-bond donors (Lipinski definition) is 1. The average molecular weight is 332 g/mol. The summed E-state index contributed by atoms with van der Waals surface area (Å²) in [6.07, 6.45) is 3.12. The molecule has 0 bridgehead atoms. The van der Waals surface area contributed by atoms with Crippen molar-refractivity contribution >= 4 is 17.7 Å². The van der Waals surface area contributed by atoms with E-state index >= 15 is 0 Å². The second-order valence-corrected chi connectivity index (χ2v) is 6.43. The number of imide groups is 1. The molecular weight excluding hydrogens is 311 g/mol. The van der Waals surface area contributed by atoms with Crippen LogP contribution in [0.1, 0.15) is 43.6 Å². The Labute approximate surface area is 140 Å². The molecule has 6 heteroatoms. The van der Waals surface area contributed by atoms with Gasteiger partial charge in [0.15, 0.2) is 0 Å². The van der Waals surface area contributed by atoms with Crippen LogP contribution in [0.4, 0.5) is 4.39 Å². The zero-order chi connectivity index (χ0) is 17.1. The number of piperidine rings is 1. The van der Waals surface area contributed by atoms with Crippen LogP contribution in [0.15, 0.2) is 24.3 Å². The van der Waals surface area contributed by atoms with Crippen LogP contribution in [0, 0.1) is 11.7 Å². The van der Waals surface area contributed by atoms with Crippen LogP contribution in [-0.4, -0.2) is 35.7 Å². The van der Waals surface area contributed by atoms with E-state index in [1.165, 1.54) is 17.0 Å². The van der Waals surface area contributed by atoms with Gasteiger partial charge in [-0.25, -0.2) is 4.39 Å². The first kappa shape index (κ1) is 16.6. The van der Waals surface area contributed by atoms with E-state index in [-0.39, 0.29) is 48.5 Å². The molecule has 1 N–H and O–H groups in total. The number of carbonyl (C=O) groups is 3. The minimum Gasteiger partial charge on any atom is -0.354 e. The van der Waals surface area contributed by atoms with Crippen LogP contribution in [0.5, 0.6) is 0 Å². The molecule has 0 aromatic heterocycles. The third-order valence-electron chi connectivity index (χ3n) is 4.93. The Kier molecular flexibility index (Phi) is 4.92. The van der Waals surface area contributed by atoms with E-state index in [1.807, 2.05) is 0 Å². The van der Waals surface area contributed by atoms with Gasteiger partial charge in [0.2, 0.25) is 17.7 Å². The highest BCUT2D eigenvalue weighted by atomic mass is 19.1. The van der Waals surface area contributed by atoms with Gasteiger partial charge in [-0.15, -0.1) is 0 Å². The third-order valence-corrected chi connectivity index (χ3v) is 4.93. The molecule has 1 saturated heterocycles. The summed E-state index contributed by atoms with van der Waals surface area (Å²) in [6.45, 7) is 0.514. The van der Waals surface area contributed by atoms with Crippen molar-refractivity contribution in [3.63, 3.8) is 0 Å². The Morgan fingerprint density at radius 2 is 1.79 bits per heavy atom. The molecular formula is C18H21FN2O3. The summed E-state index contributed by atoms with van der Waals surface area (Å²) in [5, 5.41) is 2.83. The number of likely N-dealkylation sites (tertiary alicyclic amines) is 1.